The molecule has 0 fully saturated rings. The second kappa shape index (κ2) is 7.75. The van der Waals surface area contributed by atoms with Crippen molar-refractivity contribution in [2.24, 2.45) is 0 Å². The molecule has 2 aromatic carbocycles. The monoisotopic (exact) mass is 342 g/mol. The maximum absolute atomic E-state index is 11.6. The molecule has 0 radical (unpaired) electrons. The highest BCUT2D eigenvalue weighted by molar-refractivity contribution is 7.99. The highest BCUT2D eigenvalue weighted by Gasteiger charge is 2.22. The molecule has 0 aliphatic carbocycles. The molecule has 24 heavy (non-hydrogen) atoms. The molecule has 3 rings (SSSR count). The highest BCUT2D eigenvalue weighted by Crippen LogP contribution is 2.41. The zero-order chi connectivity index (χ0) is 16.9. The first kappa shape index (κ1) is 16.9. The van der Waals surface area contributed by atoms with Crippen LogP contribution in [0.3, 0.4) is 0 Å². The van der Waals surface area contributed by atoms with E-state index in [0.29, 0.717) is 18.3 Å². The van der Waals surface area contributed by atoms with Crippen LogP contribution >= 0.6 is 11.8 Å². The number of thioether (sulfide) groups is 1. The number of hydrogen-bond acceptors (Lipinski definition) is 4. The van der Waals surface area contributed by atoms with Gasteiger partial charge in [0.15, 0.2) is 6.10 Å². The number of hydrogen-bond donors (Lipinski definition) is 0. The summed E-state index contributed by atoms with van der Waals surface area (Å²) in [7, 11) is 0. The predicted octanol–water partition coefficient (Wildman–Crippen LogP) is 4.64. The molecule has 1 heterocycles. The first-order chi connectivity index (χ1) is 11.7. The first-order valence-corrected chi connectivity index (χ1v) is 9.32. The van der Waals surface area contributed by atoms with Crippen LogP contribution in [-0.4, -0.2) is 24.4 Å². The van der Waals surface area contributed by atoms with Gasteiger partial charge in [0.25, 0.3) is 0 Å². The van der Waals surface area contributed by atoms with Gasteiger partial charge in [0, 0.05) is 10.8 Å². The molecule has 2 aromatic rings. The zero-order valence-electron chi connectivity index (χ0n) is 14.0. The van der Waals surface area contributed by atoms with Crippen molar-refractivity contribution in [1.82, 2.24) is 0 Å². The summed E-state index contributed by atoms with van der Waals surface area (Å²) in [5, 5.41) is 0. The third-order valence-corrected chi connectivity index (χ3v) is 5.29. The molecule has 0 aromatic heterocycles. The van der Waals surface area contributed by atoms with Crippen molar-refractivity contribution < 1.29 is 14.3 Å². The minimum absolute atomic E-state index is 0.334. The molecule has 0 amide bonds. The lowest BCUT2D eigenvalue weighted by atomic mass is 9.89. The van der Waals surface area contributed by atoms with Gasteiger partial charge in [-0.25, -0.2) is 4.79 Å². The quantitative estimate of drug-likeness (QED) is 0.741. The van der Waals surface area contributed by atoms with Crippen molar-refractivity contribution in [3.8, 4) is 5.75 Å². The van der Waals surface area contributed by atoms with E-state index < -0.39 is 6.10 Å². The van der Waals surface area contributed by atoms with E-state index in [-0.39, 0.29) is 5.97 Å². The van der Waals surface area contributed by atoms with E-state index in [4.69, 9.17) is 9.47 Å². The molecule has 4 heteroatoms. The van der Waals surface area contributed by atoms with Gasteiger partial charge in [-0.1, -0.05) is 30.3 Å². The van der Waals surface area contributed by atoms with Crippen molar-refractivity contribution >= 4 is 17.7 Å². The maximum Gasteiger partial charge on any atom is 0.347 e. The van der Waals surface area contributed by atoms with E-state index in [9.17, 15) is 4.79 Å². The van der Waals surface area contributed by atoms with Crippen molar-refractivity contribution in [3.63, 3.8) is 0 Å². The molecular formula is C20H22O3S. The lowest BCUT2D eigenvalue weighted by molar-refractivity contribution is -0.150. The van der Waals surface area contributed by atoms with Crippen LogP contribution in [0.15, 0.2) is 53.4 Å². The summed E-state index contributed by atoms with van der Waals surface area (Å²) >= 11 is 1.93. The van der Waals surface area contributed by atoms with E-state index in [1.165, 1.54) is 16.0 Å². The zero-order valence-corrected chi connectivity index (χ0v) is 14.8. The van der Waals surface area contributed by atoms with E-state index in [1.807, 2.05) is 23.9 Å². The van der Waals surface area contributed by atoms with Crippen LogP contribution in [0, 0.1) is 0 Å². The predicted molar refractivity (Wildman–Crippen MR) is 96.8 cm³/mol. The number of ether oxygens (including phenoxy) is 2. The van der Waals surface area contributed by atoms with Crippen molar-refractivity contribution in [1.29, 1.82) is 0 Å². The van der Waals surface area contributed by atoms with Gasteiger partial charge in [-0.2, -0.15) is 0 Å². The van der Waals surface area contributed by atoms with Crippen LogP contribution in [0.4, 0.5) is 0 Å². The number of fused-ring (bicyclic) bond motifs is 1. The minimum atomic E-state index is -0.595. The summed E-state index contributed by atoms with van der Waals surface area (Å²) in [6.07, 6.45) is 0.545. The smallest absolute Gasteiger partial charge is 0.347 e. The van der Waals surface area contributed by atoms with Crippen LogP contribution in [0.2, 0.25) is 0 Å². The number of carbonyl (C=O) groups excluding carboxylic acids is 1. The van der Waals surface area contributed by atoms with E-state index >= 15 is 0 Å². The summed E-state index contributed by atoms with van der Waals surface area (Å²) < 4.78 is 10.6. The van der Waals surface area contributed by atoms with Gasteiger partial charge in [-0.3, -0.25) is 0 Å². The van der Waals surface area contributed by atoms with Crippen LogP contribution in [-0.2, 0) is 9.53 Å². The fraction of sp³-hybridized carbons (Fsp3) is 0.350. The van der Waals surface area contributed by atoms with Gasteiger partial charge in [-0.15, -0.1) is 11.8 Å². The summed E-state index contributed by atoms with van der Waals surface area (Å²) in [5.41, 5.74) is 2.70. The molecule has 0 N–H and O–H groups in total. The largest absolute Gasteiger partial charge is 0.479 e. The average molecular weight is 342 g/mol. The Kier molecular flexibility index (Phi) is 5.46. The Hall–Kier alpha value is -1.94. The number of esters is 1. The molecule has 3 nitrogen and oxygen atoms in total. The Morgan fingerprint density at radius 2 is 1.96 bits per heavy atom. The second-order valence-corrected chi connectivity index (χ2v) is 6.95. The lowest BCUT2D eigenvalue weighted by Gasteiger charge is -2.25. The number of carbonyl (C=O) groups is 1. The molecule has 0 spiro atoms. The van der Waals surface area contributed by atoms with Gasteiger partial charge in [-0.05, 0) is 55.3 Å². The summed E-state index contributed by atoms with van der Waals surface area (Å²) in [5.74, 6) is 1.93. The fourth-order valence-corrected chi connectivity index (χ4v) is 4.10. The highest BCUT2D eigenvalue weighted by atomic mass is 32.2. The molecule has 0 bridgehead atoms. The lowest BCUT2D eigenvalue weighted by Crippen LogP contribution is -2.26. The number of rotatable bonds is 5. The third kappa shape index (κ3) is 3.75. The Morgan fingerprint density at radius 3 is 2.71 bits per heavy atom. The molecule has 1 aliphatic rings. The molecular weight excluding hydrogens is 320 g/mol. The van der Waals surface area contributed by atoms with Crippen LogP contribution < -0.4 is 4.74 Å². The maximum atomic E-state index is 11.6. The van der Waals surface area contributed by atoms with Crippen LogP contribution in [0.5, 0.6) is 5.75 Å². The van der Waals surface area contributed by atoms with E-state index in [0.717, 1.165) is 12.2 Å². The third-order valence-electron chi connectivity index (χ3n) is 4.17. The molecule has 2 unspecified atom stereocenters. The standard InChI is InChI=1S/C20H22O3S/c1-3-22-20(21)14(2)23-16-10-8-15(9-11-16)17-12-13-24-19-7-5-4-6-18(17)19/h4-11,14,17H,3,12-13H2,1-2H3. The van der Waals surface area contributed by atoms with Gasteiger partial charge in [0.2, 0.25) is 0 Å². The Morgan fingerprint density at radius 1 is 1.21 bits per heavy atom. The average Bonchev–Trinajstić information content (AvgIpc) is 2.62. The molecule has 0 saturated heterocycles. The fourth-order valence-electron chi connectivity index (χ4n) is 2.98. The van der Waals surface area contributed by atoms with E-state index in [1.54, 1.807) is 13.8 Å². The van der Waals surface area contributed by atoms with E-state index in [2.05, 4.69) is 36.4 Å². The Balaban J connectivity index is 1.73. The summed E-state index contributed by atoms with van der Waals surface area (Å²) in [4.78, 5) is 13.0. The SMILES string of the molecule is CCOC(=O)C(C)Oc1ccc(C2CCSc3ccccc32)cc1. The van der Waals surface area contributed by atoms with Crippen LogP contribution in [0.1, 0.15) is 37.3 Å². The molecule has 2 atom stereocenters. The van der Waals surface area contributed by atoms with Gasteiger partial charge in [0.1, 0.15) is 5.75 Å². The summed E-state index contributed by atoms with van der Waals surface area (Å²) in [6.45, 7) is 3.87. The van der Waals surface area contributed by atoms with Crippen molar-refractivity contribution in [2.45, 2.75) is 37.2 Å². The summed E-state index contributed by atoms with van der Waals surface area (Å²) in [6, 6.07) is 16.7. The minimum Gasteiger partial charge on any atom is -0.479 e. The topological polar surface area (TPSA) is 35.5 Å². The Labute approximate surface area is 147 Å². The Bertz CT molecular complexity index is 696. The van der Waals surface area contributed by atoms with Crippen LogP contribution in [0.25, 0.3) is 0 Å². The first-order valence-electron chi connectivity index (χ1n) is 8.34. The number of benzene rings is 2. The van der Waals surface area contributed by atoms with Crippen molar-refractivity contribution in [3.05, 3.63) is 59.7 Å². The normalized spacial score (nSPS) is 17.7. The molecule has 0 saturated carbocycles. The van der Waals surface area contributed by atoms with Gasteiger partial charge < -0.3 is 9.47 Å². The van der Waals surface area contributed by atoms with Gasteiger partial charge >= 0.3 is 5.97 Å². The van der Waals surface area contributed by atoms with Gasteiger partial charge in [0.05, 0.1) is 6.61 Å². The van der Waals surface area contributed by atoms with Crippen molar-refractivity contribution in [2.75, 3.05) is 12.4 Å². The molecule has 126 valence electrons. The molecule has 1 aliphatic heterocycles. The second-order valence-electron chi connectivity index (χ2n) is 5.81.